The Labute approximate surface area is 208 Å². The van der Waals surface area contributed by atoms with Crippen LogP contribution in [0.15, 0.2) is 60.1 Å². The lowest BCUT2D eigenvalue weighted by molar-refractivity contribution is -0.131. The average Bonchev–Trinajstić information content (AvgIpc) is 3.49. The Morgan fingerprint density at radius 3 is 2.37 bits per heavy atom. The van der Waals surface area contributed by atoms with Gasteiger partial charge in [0.1, 0.15) is 5.75 Å². The molecule has 2 aromatic carbocycles. The molecule has 4 aromatic rings. The lowest BCUT2D eigenvalue weighted by Crippen LogP contribution is -2.48. The van der Waals surface area contributed by atoms with Crippen LogP contribution in [0.25, 0.3) is 16.2 Å². The molecule has 5 rings (SSSR count). The number of fused-ring (bicyclic) bond motifs is 1. The summed E-state index contributed by atoms with van der Waals surface area (Å²) in [5, 5.41) is 2.09. The number of amides is 1. The zero-order valence-corrected chi connectivity index (χ0v) is 20.8. The fraction of sp³-hybridized carbons (Fsp3) is 0.296. The first-order valence-corrected chi connectivity index (χ1v) is 12.6. The quantitative estimate of drug-likeness (QED) is 0.357. The lowest BCUT2D eigenvalue weighted by Gasteiger charge is -2.36. The monoisotopic (exact) mass is 488 g/mol. The Balaban J connectivity index is 1.17. The third kappa shape index (κ3) is 4.93. The number of aromatic nitrogens is 2. The van der Waals surface area contributed by atoms with E-state index in [1.165, 1.54) is 0 Å². The van der Waals surface area contributed by atoms with Crippen LogP contribution in [0.2, 0.25) is 0 Å². The molecule has 0 atom stereocenters. The number of aryl methyl sites for hydroxylation is 1. The van der Waals surface area contributed by atoms with Gasteiger partial charge in [0.2, 0.25) is 5.91 Å². The highest BCUT2D eigenvalue weighted by molar-refractivity contribution is 7.15. The molecule has 0 N–H and O–H groups in total. The maximum Gasteiger partial charge on any atom is 0.223 e. The summed E-state index contributed by atoms with van der Waals surface area (Å²) in [6.07, 6.45) is 3.21. The molecule has 8 heteroatoms. The van der Waals surface area contributed by atoms with Gasteiger partial charge in [0.05, 0.1) is 12.8 Å². The van der Waals surface area contributed by atoms with Crippen molar-refractivity contribution in [3.05, 3.63) is 71.4 Å². The number of nitrogens with zero attached hydrogens (tertiary/aromatic N) is 4. The van der Waals surface area contributed by atoms with Gasteiger partial charge in [-0.2, -0.15) is 0 Å². The van der Waals surface area contributed by atoms with Gasteiger partial charge in [-0.1, -0.05) is 0 Å². The topological polar surface area (TPSA) is 67.2 Å². The van der Waals surface area contributed by atoms with Crippen molar-refractivity contribution < 1.29 is 14.3 Å². The molecular formula is C27H28N4O3S. The molecule has 3 heterocycles. The number of carbonyl (C=O) groups excluding carboxylic acids is 2. The second-order valence-corrected chi connectivity index (χ2v) is 9.54. The molecule has 2 aromatic heterocycles. The largest absolute Gasteiger partial charge is 0.497 e. The predicted molar refractivity (Wildman–Crippen MR) is 139 cm³/mol. The first-order valence-electron chi connectivity index (χ1n) is 11.8. The Kier molecular flexibility index (Phi) is 6.55. The molecule has 35 heavy (non-hydrogen) atoms. The zero-order chi connectivity index (χ0) is 24.4. The van der Waals surface area contributed by atoms with Crippen molar-refractivity contribution in [1.29, 1.82) is 0 Å². The van der Waals surface area contributed by atoms with Crippen molar-refractivity contribution >= 4 is 33.7 Å². The van der Waals surface area contributed by atoms with E-state index < -0.39 is 0 Å². The van der Waals surface area contributed by atoms with Crippen molar-refractivity contribution in [2.45, 2.75) is 19.8 Å². The fourth-order valence-electron chi connectivity index (χ4n) is 4.42. The molecule has 0 unspecified atom stereocenters. The van der Waals surface area contributed by atoms with E-state index in [4.69, 9.17) is 9.72 Å². The van der Waals surface area contributed by atoms with Gasteiger partial charge in [-0.25, -0.2) is 4.98 Å². The second-order valence-electron chi connectivity index (χ2n) is 8.71. The standard InChI is InChI=1S/C27H28N4O3S/c1-19(32)20-3-7-22(8-4-20)29-13-15-30(16-14-29)26(33)12-9-23-18-35-27-28-25(17-31(23)27)21-5-10-24(34-2)11-6-21/h3-8,10-11,17-18H,9,12-16H2,1-2H3. The Morgan fingerprint density at radius 1 is 1.00 bits per heavy atom. The Hall–Kier alpha value is -3.65. The number of methoxy groups -OCH3 is 1. The van der Waals surface area contributed by atoms with E-state index in [2.05, 4.69) is 14.7 Å². The molecule has 0 aliphatic carbocycles. The van der Waals surface area contributed by atoms with Crippen LogP contribution in [0.4, 0.5) is 5.69 Å². The molecule has 1 aliphatic heterocycles. The Bertz CT molecular complexity index is 1330. The van der Waals surface area contributed by atoms with Crippen LogP contribution < -0.4 is 9.64 Å². The van der Waals surface area contributed by atoms with Gasteiger partial charge < -0.3 is 14.5 Å². The smallest absolute Gasteiger partial charge is 0.223 e. The molecule has 180 valence electrons. The first kappa shape index (κ1) is 23.1. The van der Waals surface area contributed by atoms with E-state index in [0.29, 0.717) is 25.9 Å². The summed E-state index contributed by atoms with van der Waals surface area (Å²) in [5.41, 5.74) is 4.88. The summed E-state index contributed by atoms with van der Waals surface area (Å²) < 4.78 is 7.34. The molecule has 7 nitrogen and oxygen atoms in total. The van der Waals surface area contributed by atoms with Gasteiger partial charge in [-0.3, -0.25) is 14.0 Å². The molecule has 0 bridgehead atoms. The molecular weight excluding hydrogens is 460 g/mol. The summed E-state index contributed by atoms with van der Waals surface area (Å²) in [6.45, 7) is 4.58. The number of imidazole rings is 1. The van der Waals surface area contributed by atoms with Crippen LogP contribution >= 0.6 is 11.3 Å². The number of anilines is 1. The first-order chi connectivity index (χ1) is 17.0. The fourth-order valence-corrected chi connectivity index (χ4v) is 5.33. The third-order valence-electron chi connectivity index (χ3n) is 6.54. The van der Waals surface area contributed by atoms with Crippen LogP contribution in [0.3, 0.4) is 0 Å². The summed E-state index contributed by atoms with van der Waals surface area (Å²) >= 11 is 1.60. The highest BCUT2D eigenvalue weighted by atomic mass is 32.1. The minimum absolute atomic E-state index is 0.0718. The molecule has 0 spiro atoms. The minimum atomic E-state index is 0.0718. The number of hydrogen-bond donors (Lipinski definition) is 0. The molecule has 0 saturated carbocycles. The van der Waals surface area contributed by atoms with Gasteiger partial charge in [-0.15, -0.1) is 11.3 Å². The average molecular weight is 489 g/mol. The van der Waals surface area contributed by atoms with Crippen molar-refractivity contribution in [3.63, 3.8) is 0 Å². The van der Waals surface area contributed by atoms with Gasteiger partial charge >= 0.3 is 0 Å². The number of carbonyl (C=O) groups is 2. The van der Waals surface area contributed by atoms with Crippen LogP contribution in [-0.4, -0.2) is 59.3 Å². The van der Waals surface area contributed by atoms with E-state index in [0.717, 1.165) is 52.0 Å². The van der Waals surface area contributed by atoms with E-state index in [9.17, 15) is 9.59 Å². The molecule has 1 aliphatic rings. The predicted octanol–water partition coefficient (Wildman–Crippen LogP) is 4.56. The van der Waals surface area contributed by atoms with Crippen molar-refractivity contribution in [3.8, 4) is 17.0 Å². The summed E-state index contributed by atoms with van der Waals surface area (Å²) in [7, 11) is 1.66. The number of benzene rings is 2. The zero-order valence-electron chi connectivity index (χ0n) is 19.9. The van der Waals surface area contributed by atoms with Crippen LogP contribution in [0, 0.1) is 0 Å². The number of ketones is 1. The highest BCUT2D eigenvalue weighted by Gasteiger charge is 2.22. The van der Waals surface area contributed by atoms with Crippen LogP contribution in [0.1, 0.15) is 29.4 Å². The van der Waals surface area contributed by atoms with Crippen LogP contribution in [0.5, 0.6) is 5.75 Å². The number of hydrogen-bond acceptors (Lipinski definition) is 6. The summed E-state index contributed by atoms with van der Waals surface area (Å²) in [4.78, 5) is 34.3. The maximum absolute atomic E-state index is 12.9. The van der Waals surface area contributed by atoms with Gasteiger partial charge in [0.25, 0.3) is 0 Å². The van der Waals surface area contributed by atoms with E-state index in [1.807, 2.05) is 59.6 Å². The van der Waals surface area contributed by atoms with Gasteiger partial charge in [0, 0.05) is 66.7 Å². The minimum Gasteiger partial charge on any atom is -0.497 e. The van der Waals surface area contributed by atoms with Crippen LogP contribution in [-0.2, 0) is 11.2 Å². The van der Waals surface area contributed by atoms with Gasteiger partial charge in [-0.05, 0) is 61.9 Å². The highest BCUT2D eigenvalue weighted by Crippen LogP contribution is 2.26. The summed E-state index contributed by atoms with van der Waals surface area (Å²) in [5.74, 6) is 1.08. The molecule has 0 radical (unpaired) electrons. The lowest BCUT2D eigenvalue weighted by atomic mass is 10.1. The molecule has 1 saturated heterocycles. The van der Waals surface area contributed by atoms with E-state index in [1.54, 1.807) is 25.4 Å². The molecule has 1 fully saturated rings. The summed E-state index contributed by atoms with van der Waals surface area (Å²) in [6, 6.07) is 15.6. The van der Waals surface area contributed by atoms with E-state index in [-0.39, 0.29) is 11.7 Å². The Morgan fingerprint density at radius 2 is 1.71 bits per heavy atom. The maximum atomic E-state index is 12.9. The van der Waals surface area contributed by atoms with Crippen molar-refractivity contribution in [1.82, 2.24) is 14.3 Å². The third-order valence-corrected chi connectivity index (χ3v) is 7.42. The second kappa shape index (κ2) is 9.92. The SMILES string of the molecule is COc1ccc(-c2cn3c(CCC(=O)N4CCN(c5ccc(C(C)=O)cc5)CC4)csc3n2)cc1. The number of piperazine rings is 1. The van der Waals surface area contributed by atoms with E-state index >= 15 is 0 Å². The number of thiazole rings is 1. The van der Waals surface area contributed by atoms with Gasteiger partial charge in [0.15, 0.2) is 10.7 Å². The molecule has 1 amide bonds. The van der Waals surface area contributed by atoms with Crippen molar-refractivity contribution in [2.75, 3.05) is 38.2 Å². The van der Waals surface area contributed by atoms with Crippen molar-refractivity contribution in [2.24, 2.45) is 0 Å². The number of rotatable bonds is 7. The number of Topliss-reactive ketones (excluding diaryl/α,β-unsaturated/α-hetero) is 1. The number of ether oxygens (including phenoxy) is 1. The normalized spacial score (nSPS) is 13.9.